The third-order valence-electron chi connectivity index (χ3n) is 1.92. The molecule has 0 amide bonds. The van der Waals surface area contributed by atoms with Crippen molar-refractivity contribution < 1.29 is 24.4 Å². The molecule has 1 aliphatic rings. The summed E-state index contributed by atoms with van der Waals surface area (Å²) < 4.78 is 14.6. The fourth-order valence-electron chi connectivity index (χ4n) is 1.28. The van der Waals surface area contributed by atoms with Crippen LogP contribution in [0.5, 0.6) is 0 Å². The van der Waals surface area contributed by atoms with Crippen LogP contribution in [0, 0.1) is 0 Å². The van der Waals surface area contributed by atoms with Crippen molar-refractivity contribution >= 4 is 0 Å². The monoisotopic (exact) mass is 178 g/mol. The van der Waals surface area contributed by atoms with E-state index in [9.17, 15) is 10.2 Å². The summed E-state index contributed by atoms with van der Waals surface area (Å²) in [7, 11) is 2.91. The zero-order valence-corrected chi connectivity index (χ0v) is 7.14. The average Bonchev–Trinajstić information content (AvgIpc) is 2.29. The summed E-state index contributed by atoms with van der Waals surface area (Å²) in [4.78, 5) is 0. The first kappa shape index (κ1) is 9.88. The highest BCUT2D eigenvalue weighted by Gasteiger charge is 2.42. The first-order valence-corrected chi connectivity index (χ1v) is 3.74. The number of hydrogen-bond acceptors (Lipinski definition) is 5. The second-order valence-electron chi connectivity index (χ2n) is 2.71. The van der Waals surface area contributed by atoms with Crippen molar-refractivity contribution in [3.63, 3.8) is 0 Å². The van der Waals surface area contributed by atoms with Gasteiger partial charge in [0, 0.05) is 14.2 Å². The van der Waals surface area contributed by atoms with Gasteiger partial charge in [-0.25, -0.2) is 0 Å². The van der Waals surface area contributed by atoms with E-state index < -0.39 is 24.6 Å². The predicted molar refractivity (Wildman–Crippen MR) is 39.6 cm³/mol. The normalized spacial score (nSPS) is 42.0. The van der Waals surface area contributed by atoms with Gasteiger partial charge in [-0.15, -0.1) is 0 Å². The van der Waals surface area contributed by atoms with E-state index in [-0.39, 0.29) is 6.61 Å². The summed E-state index contributed by atoms with van der Waals surface area (Å²) in [5.74, 6) is 0. The average molecular weight is 178 g/mol. The molecule has 0 aliphatic carbocycles. The molecule has 0 unspecified atom stereocenters. The van der Waals surface area contributed by atoms with Crippen LogP contribution in [0.25, 0.3) is 0 Å². The quantitative estimate of drug-likeness (QED) is 0.563. The molecule has 2 N–H and O–H groups in total. The van der Waals surface area contributed by atoms with Gasteiger partial charge in [0.05, 0.1) is 6.61 Å². The minimum absolute atomic E-state index is 0.248. The maximum Gasteiger partial charge on any atom is 0.184 e. The maximum atomic E-state index is 9.46. The molecule has 0 aromatic carbocycles. The first-order chi connectivity index (χ1) is 5.70. The third kappa shape index (κ3) is 1.75. The van der Waals surface area contributed by atoms with Gasteiger partial charge in [0.15, 0.2) is 6.29 Å². The van der Waals surface area contributed by atoms with E-state index in [0.29, 0.717) is 0 Å². The molecule has 0 aromatic rings. The standard InChI is InChI=1S/C7H14O5/c1-10-3-4-5(8)6(11-2)7(9)12-4/h4-9H,3H2,1-2H3/t4-,5+,6-,7+/m1/s1. The van der Waals surface area contributed by atoms with Crippen molar-refractivity contribution in [1.82, 2.24) is 0 Å². The Hall–Kier alpha value is -0.200. The highest BCUT2D eigenvalue weighted by Crippen LogP contribution is 2.21. The number of aliphatic hydroxyl groups excluding tert-OH is 2. The van der Waals surface area contributed by atoms with Crippen LogP contribution in [-0.2, 0) is 14.2 Å². The molecular weight excluding hydrogens is 164 g/mol. The van der Waals surface area contributed by atoms with Crippen LogP contribution in [0.15, 0.2) is 0 Å². The highest BCUT2D eigenvalue weighted by atomic mass is 16.7. The summed E-state index contributed by atoms with van der Waals surface area (Å²) in [5, 5.41) is 18.7. The fraction of sp³-hybridized carbons (Fsp3) is 1.00. The second-order valence-corrected chi connectivity index (χ2v) is 2.71. The molecule has 0 spiro atoms. The van der Waals surface area contributed by atoms with Crippen molar-refractivity contribution in [2.45, 2.75) is 24.6 Å². The first-order valence-electron chi connectivity index (χ1n) is 3.74. The Morgan fingerprint density at radius 3 is 2.42 bits per heavy atom. The van der Waals surface area contributed by atoms with E-state index in [2.05, 4.69) is 0 Å². The lowest BCUT2D eigenvalue weighted by Crippen LogP contribution is -2.35. The van der Waals surface area contributed by atoms with Crippen molar-refractivity contribution in [1.29, 1.82) is 0 Å². The molecule has 1 rings (SSSR count). The molecule has 72 valence electrons. The van der Waals surface area contributed by atoms with Crippen molar-refractivity contribution in [2.75, 3.05) is 20.8 Å². The Morgan fingerprint density at radius 2 is 2.00 bits per heavy atom. The number of ether oxygens (including phenoxy) is 3. The Kier molecular flexibility index (Phi) is 3.42. The van der Waals surface area contributed by atoms with Crippen LogP contribution >= 0.6 is 0 Å². The van der Waals surface area contributed by atoms with Gasteiger partial charge in [0.2, 0.25) is 0 Å². The third-order valence-corrected chi connectivity index (χ3v) is 1.92. The van der Waals surface area contributed by atoms with Crippen molar-refractivity contribution in [3.05, 3.63) is 0 Å². The largest absolute Gasteiger partial charge is 0.387 e. The molecule has 1 aliphatic heterocycles. The SMILES string of the molecule is COC[C@H]1O[C@H](O)[C@H](OC)[C@H]1O. The molecule has 1 fully saturated rings. The van der Waals surface area contributed by atoms with Gasteiger partial charge in [0.25, 0.3) is 0 Å². The smallest absolute Gasteiger partial charge is 0.184 e. The lowest BCUT2D eigenvalue weighted by Gasteiger charge is -2.14. The predicted octanol–water partition coefficient (Wildman–Crippen LogP) is -1.27. The molecule has 0 aromatic heterocycles. The molecular formula is C7H14O5. The Bertz CT molecular complexity index is 140. The van der Waals surface area contributed by atoms with Gasteiger partial charge in [-0.2, -0.15) is 0 Å². The van der Waals surface area contributed by atoms with Crippen LogP contribution < -0.4 is 0 Å². The van der Waals surface area contributed by atoms with Crippen molar-refractivity contribution in [2.24, 2.45) is 0 Å². The van der Waals surface area contributed by atoms with Gasteiger partial charge in [-0.1, -0.05) is 0 Å². The molecule has 4 atom stereocenters. The molecule has 5 nitrogen and oxygen atoms in total. The summed E-state index contributed by atoms with van der Waals surface area (Å²) in [6.07, 6.45) is -3.07. The summed E-state index contributed by atoms with van der Waals surface area (Å²) >= 11 is 0. The van der Waals surface area contributed by atoms with E-state index in [0.717, 1.165) is 0 Å². The molecule has 1 saturated heterocycles. The lowest BCUT2D eigenvalue weighted by molar-refractivity contribution is -0.141. The van der Waals surface area contributed by atoms with Gasteiger partial charge >= 0.3 is 0 Å². The fourth-order valence-corrected chi connectivity index (χ4v) is 1.28. The van der Waals surface area contributed by atoms with E-state index in [1.54, 1.807) is 0 Å². The Balaban J connectivity index is 2.49. The zero-order chi connectivity index (χ0) is 9.14. The molecule has 0 radical (unpaired) electrons. The lowest BCUT2D eigenvalue weighted by atomic mass is 10.1. The Morgan fingerprint density at radius 1 is 1.33 bits per heavy atom. The van der Waals surface area contributed by atoms with Gasteiger partial charge in [-0.3, -0.25) is 0 Å². The van der Waals surface area contributed by atoms with Gasteiger partial charge in [0.1, 0.15) is 18.3 Å². The van der Waals surface area contributed by atoms with E-state index in [1.165, 1.54) is 14.2 Å². The summed E-state index contributed by atoms with van der Waals surface area (Å²) in [6, 6.07) is 0. The second kappa shape index (κ2) is 4.15. The van der Waals surface area contributed by atoms with E-state index in [4.69, 9.17) is 14.2 Å². The minimum Gasteiger partial charge on any atom is -0.387 e. The number of hydrogen-bond donors (Lipinski definition) is 2. The summed E-state index contributed by atoms with van der Waals surface area (Å²) in [5.41, 5.74) is 0. The highest BCUT2D eigenvalue weighted by molar-refractivity contribution is 4.86. The van der Waals surface area contributed by atoms with Crippen molar-refractivity contribution in [3.8, 4) is 0 Å². The van der Waals surface area contributed by atoms with Crippen LogP contribution in [-0.4, -0.2) is 55.6 Å². The van der Waals surface area contributed by atoms with Crippen LogP contribution in [0.1, 0.15) is 0 Å². The summed E-state index contributed by atoms with van der Waals surface area (Å²) in [6.45, 7) is 0.248. The minimum atomic E-state index is -1.06. The van der Waals surface area contributed by atoms with Crippen LogP contribution in [0.4, 0.5) is 0 Å². The molecule has 1 heterocycles. The molecule has 0 bridgehead atoms. The Labute approximate surface area is 70.9 Å². The molecule has 0 saturated carbocycles. The van der Waals surface area contributed by atoms with Gasteiger partial charge in [-0.05, 0) is 0 Å². The maximum absolute atomic E-state index is 9.46. The van der Waals surface area contributed by atoms with Crippen LogP contribution in [0.2, 0.25) is 0 Å². The number of aliphatic hydroxyl groups is 2. The number of methoxy groups -OCH3 is 2. The van der Waals surface area contributed by atoms with Crippen LogP contribution in [0.3, 0.4) is 0 Å². The molecule has 5 heteroatoms. The van der Waals surface area contributed by atoms with E-state index in [1.807, 2.05) is 0 Å². The van der Waals surface area contributed by atoms with Gasteiger partial charge < -0.3 is 24.4 Å². The topological polar surface area (TPSA) is 68.2 Å². The molecule has 12 heavy (non-hydrogen) atoms. The zero-order valence-electron chi connectivity index (χ0n) is 7.14. The van der Waals surface area contributed by atoms with E-state index >= 15 is 0 Å². The number of rotatable bonds is 3.